The predicted octanol–water partition coefficient (Wildman–Crippen LogP) is 2.37. The zero-order valence-corrected chi connectivity index (χ0v) is 12.3. The van der Waals surface area contributed by atoms with Crippen molar-refractivity contribution in [3.8, 4) is 0 Å². The highest BCUT2D eigenvalue weighted by molar-refractivity contribution is 7.99. The molecule has 0 aromatic carbocycles. The number of nitrogens with one attached hydrogen (secondary N) is 1. The van der Waals surface area contributed by atoms with Crippen LogP contribution in [-0.4, -0.2) is 46.9 Å². The van der Waals surface area contributed by atoms with E-state index in [1.807, 2.05) is 23.9 Å². The number of nitrogens with zero attached hydrogens (tertiary/aromatic N) is 1. The van der Waals surface area contributed by atoms with E-state index in [0.717, 1.165) is 24.4 Å². The first kappa shape index (κ1) is 18.4. The van der Waals surface area contributed by atoms with Gasteiger partial charge in [-0.25, -0.2) is 9.78 Å². The Morgan fingerprint density at radius 1 is 1.36 bits per heavy atom. The van der Waals surface area contributed by atoms with Gasteiger partial charge in [0.15, 0.2) is 6.29 Å². The number of aldehydes is 1. The number of alkyl halides is 3. The van der Waals surface area contributed by atoms with Crippen LogP contribution in [0.5, 0.6) is 0 Å². The lowest BCUT2D eigenvalue weighted by Gasteiger charge is -2.21. The molecule has 2 heterocycles. The lowest BCUT2D eigenvalue weighted by Crippen LogP contribution is -2.29. The zero-order valence-electron chi connectivity index (χ0n) is 11.5. The molecule has 0 unspecified atom stereocenters. The third-order valence-corrected chi connectivity index (χ3v) is 4.00. The van der Waals surface area contributed by atoms with Crippen LogP contribution in [-0.2, 0) is 4.79 Å². The Bertz CT molecular complexity index is 488. The Morgan fingerprint density at radius 3 is 2.36 bits per heavy atom. The van der Waals surface area contributed by atoms with Crippen molar-refractivity contribution in [3.63, 3.8) is 0 Å². The van der Waals surface area contributed by atoms with Crippen LogP contribution in [0.1, 0.15) is 23.2 Å². The Hall–Kier alpha value is -1.61. The van der Waals surface area contributed by atoms with Gasteiger partial charge in [0.2, 0.25) is 0 Å². The van der Waals surface area contributed by atoms with Gasteiger partial charge >= 0.3 is 12.1 Å². The highest BCUT2D eigenvalue weighted by Gasteiger charge is 2.38. The fourth-order valence-corrected chi connectivity index (χ4v) is 2.69. The number of carbonyl (C=O) groups is 2. The largest absolute Gasteiger partial charge is 0.490 e. The molecule has 0 saturated carbocycles. The number of carboxylic acids is 1. The first-order chi connectivity index (χ1) is 10.3. The van der Waals surface area contributed by atoms with E-state index >= 15 is 0 Å². The fraction of sp³-hybridized carbons (Fsp3) is 0.462. The second-order valence-corrected chi connectivity index (χ2v) is 5.74. The van der Waals surface area contributed by atoms with Gasteiger partial charge in [-0.05, 0) is 38.1 Å². The molecule has 2 rings (SSSR count). The number of hydrogen-bond donors (Lipinski definition) is 2. The molecule has 0 radical (unpaired) electrons. The van der Waals surface area contributed by atoms with Crippen molar-refractivity contribution < 1.29 is 27.9 Å². The second kappa shape index (κ2) is 8.74. The first-order valence-electron chi connectivity index (χ1n) is 6.41. The molecule has 1 fully saturated rings. The van der Waals surface area contributed by atoms with Crippen LogP contribution < -0.4 is 5.32 Å². The summed E-state index contributed by atoms with van der Waals surface area (Å²) < 4.78 is 31.7. The highest BCUT2D eigenvalue weighted by atomic mass is 32.2. The van der Waals surface area contributed by atoms with E-state index in [0.29, 0.717) is 10.8 Å². The molecule has 2 N–H and O–H groups in total. The monoisotopic (exact) mass is 336 g/mol. The molecule has 0 amide bonds. The molecular formula is C13H15F3N2O3S. The summed E-state index contributed by atoms with van der Waals surface area (Å²) in [7, 11) is 0. The van der Waals surface area contributed by atoms with Gasteiger partial charge in [-0.1, -0.05) is 0 Å². The van der Waals surface area contributed by atoms with E-state index in [-0.39, 0.29) is 0 Å². The van der Waals surface area contributed by atoms with E-state index < -0.39 is 12.1 Å². The average Bonchev–Trinajstić information content (AvgIpc) is 2.49. The molecule has 0 aliphatic carbocycles. The van der Waals surface area contributed by atoms with E-state index in [1.54, 1.807) is 6.20 Å². The summed E-state index contributed by atoms with van der Waals surface area (Å²) in [6.45, 7) is 2.20. The summed E-state index contributed by atoms with van der Waals surface area (Å²) in [6, 6.07) is 3.75. The number of aliphatic carboxylic acids is 1. The number of aromatic nitrogens is 1. The summed E-state index contributed by atoms with van der Waals surface area (Å²) >= 11 is 1.82. The Kier molecular flexibility index (Phi) is 7.33. The predicted molar refractivity (Wildman–Crippen MR) is 75.1 cm³/mol. The maximum Gasteiger partial charge on any atom is 0.490 e. The Morgan fingerprint density at radius 2 is 1.95 bits per heavy atom. The standard InChI is InChI=1S/C11H14N2OS.C2HF3O2/c14-8-9-1-2-11(13-7-9)15-10-3-5-12-6-4-10;3-2(4,5)1(6)7/h1-2,7-8,10,12H,3-6H2;(H,6,7). The topological polar surface area (TPSA) is 79.3 Å². The van der Waals surface area contributed by atoms with Crippen molar-refractivity contribution in [2.24, 2.45) is 0 Å². The molecule has 122 valence electrons. The number of rotatable bonds is 3. The van der Waals surface area contributed by atoms with E-state index in [1.165, 1.54) is 12.8 Å². The van der Waals surface area contributed by atoms with Crippen LogP contribution in [0.2, 0.25) is 0 Å². The van der Waals surface area contributed by atoms with Gasteiger partial charge in [-0.2, -0.15) is 13.2 Å². The minimum absolute atomic E-state index is 0.643. The molecule has 1 aliphatic heterocycles. The summed E-state index contributed by atoms with van der Waals surface area (Å²) in [5.74, 6) is -2.76. The van der Waals surface area contributed by atoms with E-state index in [2.05, 4.69) is 10.3 Å². The number of pyridine rings is 1. The van der Waals surface area contributed by atoms with Crippen molar-refractivity contribution in [3.05, 3.63) is 23.9 Å². The fourth-order valence-electron chi connectivity index (χ4n) is 1.62. The molecule has 1 aromatic rings. The molecule has 5 nitrogen and oxygen atoms in total. The quantitative estimate of drug-likeness (QED) is 0.825. The van der Waals surface area contributed by atoms with E-state index in [9.17, 15) is 18.0 Å². The van der Waals surface area contributed by atoms with Gasteiger partial charge in [-0.15, -0.1) is 11.8 Å². The molecule has 1 saturated heterocycles. The molecule has 1 aliphatic rings. The first-order valence-corrected chi connectivity index (χ1v) is 7.29. The van der Waals surface area contributed by atoms with Gasteiger partial charge < -0.3 is 10.4 Å². The molecule has 9 heteroatoms. The number of thioether (sulfide) groups is 1. The maximum absolute atomic E-state index is 10.6. The van der Waals surface area contributed by atoms with Crippen molar-refractivity contribution in [1.82, 2.24) is 10.3 Å². The van der Waals surface area contributed by atoms with Crippen LogP contribution >= 0.6 is 11.8 Å². The van der Waals surface area contributed by atoms with Gasteiger partial charge in [0.05, 0.1) is 5.03 Å². The van der Waals surface area contributed by atoms with Gasteiger partial charge in [-0.3, -0.25) is 4.79 Å². The Balaban J connectivity index is 0.000000295. The van der Waals surface area contributed by atoms with Crippen molar-refractivity contribution in [2.45, 2.75) is 29.3 Å². The maximum atomic E-state index is 10.6. The molecule has 0 bridgehead atoms. The van der Waals surface area contributed by atoms with Crippen LogP contribution in [0.4, 0.5) is 13.2 Å². The van der Waals surface area contributed by atoms with Crippen LogP contribution in [0, 0.1) is 0 Å². The van der Waals surface area contributed by atoms with Crippen molar-refractivity contribution in [1.29, 1.82) is 0 Å². The summed E-state index contributed by atoms with van der Waals surface area (Å²) in [6.07, 6.45) is -0.230. The van der Waals surface area contributed by atoms with Gasteiger partial charge in [0.25, 0.3) is 0 Å². The van der Waals surface area contributed by atoms with Gasteiger partial charge in [0.1, 0.15) is 0 Å². The lowest BCUT2D eigenvalue weighted by atomic mass is 10.2. The third kappa shape index (κ3) is 6.90. The SMILES string of the molecule is O=C(O)C(F)(F)F.O=Cc1ccc(SC2CCNCC2)nc1. The second-order valence-electron chi connectivity index (χ2n) is 4.42. The summed E-state index contributed by atoms with van der Waals surface area (Å²) in [5, 5.41) is 12.2. The average molecular weight is 336 g/mol. The molecule has 1 aromatic heterocycles. The highest BCUT2D eigenvalue weighted by Crippen LogP contribution is 2.26. The van der Waals surface area contributed by atoms with E-state index in [4.69, 9.17) is 9.90 Å². The van der Waals surface area contributed by atoms with Crippen molar-refractivity contribution in [2.75, 3.05) is 13.1 Å². The minimum atomic E-state index is -5.08. The van der Waals surface area contributed by atoms with Crippen molar-refractivity contribution >= 4 is 24.0 Å². The number of piperidine rings is 1. The molecular weight excluding hydrogens is 321 g/mol. The minimum Gasteiger partial charge on any atom is -0.475 e. The summed E-state index contributed by atoms with van der Waals surface area (Å²) in [5.41, 5.74) is 0.643. The number of hydrogen-bond acceptors (Lipinski definition) is 5. The molecule has 0 spiro atoms. The smallest absolute Gasteiger partial charge is 0.475 e. The number of carbonyl (C=O) groups excluding carboxylic acids is 1. The normalized spacial score (nSPS) is 15.6. The van der Waals surface area contributed by atoms with Gasteiger partial charge in [0, 0.05) is 17.0 Å². The van der Waals surface area contributed by atoms with Crippen LogP contribution in [0.25, 0.3) is 0 Å². The zero-order chi connectivity index (χ0) is 16.6. The summed E-state index contributed by atoms with van der Waals surface area (Å²) in [4.78, 5) is 23.6. The third-order valence-electron chi connectivity index (χ3n) is 2.71. The lowest BCUT2D eigenvalue weighted by molar-refractivity contribution is -0.192. The molecule has 0 atom stereocenters. The Labute approximate surface area is 129 Å². The van der Waals surface area contributed by atoms with Crippen LogP contribution in [0.3, 0.4) is 0 Å². The molecule has 22 heavy (non-hydrogen) atoms. The number of halogens is 3. The number of carboxylic acid groups (broad SMARTS) is 1. The van der Waals surface area contributed by atoms with Crippen LogP contribution in [0.15, 0.2) is 23.4 Å².